The number of nitrogen functional groups attached to an aromatic ring is 1. The highest BCUT2D eigenvalue weighted by Crippen LogP contribution is 2.31. The molecule has 0 spiro atoms. The van der Waals surface area contributed by atoms with Gasteiger partial charge in [-0.25, -0.2) is 4.79 Å². The number of halogens is 1. The second kappa shape index (κ2) is 5.79. The number of carbonyl (C=O) groups is 1. The Hall–Kier alpha value is -2.27. The molecule has 0 amide bonds. The first-order valence-electron chi connectivity index (χ1n) is 5.99. The van der Waals surface area contributed by atoms with Crippen molar-refractivity contribution in [3.8, 4) is 0 Å². The molecule has 0 aliphatic rings. The smallest absolute Gasteiger partial charge is 0.337 e. The van der Waals surface area contributed by atoms with Gasteiger partial charge >= 0.3 is 5.97 Å². The highest BCUT2D eigenvalue weighted by atomic mass is 35.5. The molecule has 0 fully saturated rings. The van der Waals surface area contributed by atoms with E-state index >= 15 is 0 Å². The summed E-state index contributed by atoms with van der Waals surface area (Å²) in [7, 11) is 0. The summed E-state index contributed by atoms with van der Waals surface area (Å²) >= 11 is 6.08. The number of carboxylic acids is 1. The predicted octanol–water partition coefficient (Wildman–Crippen LogP) is 3.19. The van der Waals surface area contributed by atoms with E-state index in [1.807, 2.05) is 25.1 Å². The Kier molecular flexibility index (Phi) is 4.10. The van der Waals surface area contributed by atoms with Crippen LogP contribution < -0.4 is 11.1 Å². The molecule has 0 saturated carbocycles. The van der Waals surface area contributed by atoms with Crippen LogP contribution in [0.4, 0.5) is 11.4 Å². The van der Waals surface area contributed by atoms with Gasteiger partial charge in [-0.2, -0.15) is 0 Å². The lowest BCUT2D eigenvalue weighted by Gasteiger charge is -2.18. The lowest BCUT2D eigenvalue weighted by molar-refractivity contribution is 0.0698. The van der Waals surface area contributed by atoms with Crippen molar-refractivity contribution in [1.82, 2.24) is 4.98 Å². The Bertz CT molecular complexity index is 632. The summed E-state index contributed by atoms with van der Waals surface area (Å²) in [6.45, 7) is 1.88. The van der Waals surface area contributed by atoms with Gasteiger partial charge in [-0.3, -0.25) is 4.98 Å². The van der Waals surface area contributed by atoms with Crippen LogP contribution in [-0.4, -0.2) is 16.1 Å². The molecule has 20 heavy (non-hydrogen) atoms. The van der Waals surface area contributed by atoms with Crippen LogP contribution in [0.5, 0.6) is 0 Å². The molecule has 104 valence electrons. The van der Waals surface area contributed by atoms with Crippen molar-refractivity contribution in [3.05, 3.63) is 52.8 Å². The zero-order chi connectivity index (χ0) is 14.7. The number of pyridine rings is 1. The highest BCUT2D eigenvalue weighted by Gasteiger charge is 2.17. The second-order valence-corrected chi connectivity index (χ2v) is 4.76. The molecule has 0 aliphatic carbocycles. The monoisotopic (exact) mass is 291 g/mol. The van der Waals surface area contributed by atoms with Crippen molar-refractivity contribution < 1.29 is 9.90 Å². The topological polar surface area (TPSA) is 88.2 Å². The fraction of sp³-hybridized carbons (Fsp3) is 0.143. The predicted molar refractivity (Wildman–Crippen MR) is 79.1 cm³/mol. The highest BCUT2D eigenvalue weighted by molar-refractivity contribution is 6.34. The maximum atomic E-state index is 11.3. The Labute approximate surface area is 121 Å². The van der Waals surface area contributed by atoms with Gasteiger partial charge in [-0.05, 0) is 31.2 Å². The molecule has 0 bridgehead atoms. The lowest BCUT2D eigenvalue weighted by atomic mass is 10.1. The van der Waals surface area contributed by atoms with Crippen LogP contribution in [0, 0.1) is 0 Å². The fourth-order valence-electron chi connectivity index (χ4n) is 1.87. The van der Waals surface area contributed by atoms with E-state index in [-0.39, 0.29) is 16.6 Å². The molecule has 1 aromatic carbocycles. The van der Waals surface area contributed by atoms with Crippen molar-refractivity contribution in [2.45, 2.75) is 13.0 Å². The van der Waals surface area contributed by atoms with Crippen molar-refractivity contribution >= 4 is 28.9 Å². The molecule has 1 atom stereocenters. The SMILES string of the molecule is CC(Nc1c(Cl)cc(N)cc1C(=O)O)c1ccccn1. The number of aromatic nitrogens is 1. The summed E-state index contributed by atoms with van der Waals surface area (Å²) in [4.78, 5) is 15.5. The third kappa shape index (κ3) is 3.00. The molecular weight excluding hydrogens is 278 g/mol. The van der Waals surface area contributed by atoms with Crippen LogP contribution in [0.3, 0.4) is 0 Å². The van der Waals surface area contributed by atoms with Gasteiger partial charge in [0.1, 0.15) is 0 Å². The maximum Gasteiger partial charge on any atom is 0.337 e. The van der Waals surface area contributed by atoms with E-state index in [0.29, 0.717) is 11.4 Å². The van der Waals surface area contributed by atoms with Crippen LogP contribution >= 0.6 is 11.6 Å². The largest absolute Gasteiger partial charge is 0.478 e. The number of hydrogen-bond donors (Lipinski definition) is 3. The van der Waals surface area contributed by atoms with Gasteiger partial charge in [0.05, 0.1) is 28.0 Å². The van der Waals surface area contributed by atoms with Crippen LogP contribution in [0.25, 0.3) is 0 Å². The van der Waals surface area contributed by atoms with E-state index in [0.717, 1.165) is 5.69 Å². The summed E-state index contributed by atoms with van der Waals surface area (Å²) in [5.41, 5.74) is 7.10. The zero-order valence-electron chi connectivity index (χ0n) is 10.8. The number of rotatable bonds is 4. The van der Waals surface area contributed by atoms with E-state index < -0.39 is 5.97 Å². The number of nitrogens with one attached hydrogen (secondary N) is 1. The molecule has 5 nitrogen and oxygen atoms in total. The van der Waals surface area contributed by atoms with Crippen molar-refractivity contribution in [1.29, 1.82) is 0 Å². The van der Waals surface area contributed by atoms with Gasteiger partial charge in [0.2, 0.25) is 0 Å². The van der Waals surface area contributed by atoms with Crippen molar-refractivity contribution in [2.75, 3.05) is 11.1 Å². The summed E-state index contributed by atoms with van der Waals surface area (Å²) in [5.74, 6) is -1.09. The number of anilines is 2. The van der Waals surface area contributed by atoms with Crippen LogP contribution in [-0.2, 0) is 0 Å². The molecular formula is C14H14ClN3O2. The van der Waals surface area contributed by atoms with Crippen LogP contribution in [0.1, 0.15) is 29.0 Å². The van der Waals surface area contributed by atoms with Gasteiger partial charge in [-0.15, -0.1) is 0 Å². The second-order valence-electron chi connectivity index (χ2n) is 4.35. The first-order chi connectivity index (χ1) is 9.49. The number of nitrogens with zero attached hydrogens (tertiary/aromatic N) is 1. The molecule has 4 N–H and O–H groups in total. The Balaban J connectivity index is 2.36. The third-order valence-corrected chi connectivity index (χ3v) is 3.13. The fourth-order valence-corrected chi connectivity index (χ4v) is 2.15. The Morgan fingerprint density at radius 1 is 1.45 bits per heavy atom. The number of hydrogen-bond acceptors (Lipinski definition) is 4. The first-order valence-corrected chi connectivity index (χ1v) is 6.36. The molecule has 0 radical (unpaired) electrons. The Morgan fingerprint density at radius 3 is 2.80 bits per heavy atom. The summed E-state index contributed by atoms with van der Waals surface area (Å²) < 4.78 is 0. The molecule has 1 heterocycles. The summed E-state index contributed by atoms with van der Waals surface area (Å²) in [6.07, 6.45) is 1.68. The minimum absolute atomic E-state index is 0.0396. The number of benzene rings is 1. The van der Waals surface area contributed by atoms with E-state index in [1.165, 1.54) is 12.1 Å². The summed E-state index contributed by atoms with van der Waals surface area (Å²) in [5, 5.41) is 12.6. The molecule has 0 saturated heterocycles. The van der Waals surface area contributed by atoms with Gasteiger partial charge in [0.15, 0.2) is 0 Å². The van der Waals surface area contributed by atoms with Gasteiger partial charge < -0.3 is 16.2 Å². The van der Waals surface area contributed by atoms with Gasteiger partial charge in [0.25, 0.3) is 0 Å². The standard InChI is InChI=1S/C14H14ClN3O2/c1-8(12-4-2-3-5-17-12)18-13-10(14(19)20)6-9(16)7-11(13)15/h2-8,18H,16H2,1H3,(H,19,20). The molecule has 0 aliphatic heterocycles. The van der Waals surface area contributed by atoms with E-state index in [2.05, 4.69) is 10.3 Å². The Morgan fingerprint density at radius 2 is 2.20 bits per heavy atom. The molecule has 1 unspecified atom stereocenters. The molecule has 6 heteroatoms. The van der Waals surface area contributed by atoms with Crippen LogP contribution in [0.15, 0.2) is 36.5 Å². The van der Waals surface area contributed by atoms with Crippen molar-refractivity contribution in [3.63, 3.8) is 0 Å². The summed E-state index contributed by atoms with van der Waals surface area (Å²) in [6, 6.07) is 8.24. The first kappa shape index (κ1) is 14.1. The number of nitrogens with two attached hydrogens (primary N) is 1. The average Bonchev–Trinajstić information content (AvgIpc) is 2.42. The molecule has 1 aromatic heterocycles. The quantitative estimate of drug-likeness (QED) is 0.753. The van der Waals surface area contributed by atoms with Gasteiger partial charge in [0, 0.05) is 11.9 Å². The zero-order valence-corrected chi connectivity index (χ0v) is 11.6. The maximum absolute atomic E-state index is 11.3. The van der Waals surface area contributed by atoms with E-state index in [1.54, 1.807) is 6.20 Å². The number of carboxylic acid groups (broad SMARTS) is 1. The normalized spacial score (nSPS) is 11.9. The lowest BCUT2D eigenvalue weighted by Crippen LogP contribution is -2.12. The third-order valence-electron chi connectivity index (χ3n) is 2.84. The molecule has 2 aromatic rings. The molecule has 2 rings (SSSR count). The van der Waals surface area contributed by atoms with Crippen LogP contribution in [0.2, 0.25) is 5.02 Å². The minimum atomic E-state index is -1.09. The van der Waals surface area contributed by atoms with Crippen molar-refractivity contribution in [2.24, 2.45) is 0 Å². The van der Waals surface area contributed by atoms with E-state index in [9.17, 15) is 9.90 Å². The van der Waals surface area contributed by atoms with E-state index in [4.69, 9.17) is 17.3 Å². The minimum Gasteiger partial charge on any atom is -0.478 e. The number of aromatic carboxylic acids is 1. The average molecular weight is 292 g/mol. The van der Waals surface area contributed by atoms with Gasteiger partial charge in [-0.1, -0.05) is 17.7 Å².